The van der Waals surface area contributed by atoms with E-state index in [2.05, 4.69) is 4.74 Å². The van der Waals surface area contributed by atoms with E-state index in [0.717, 1.165) is 0 Å². The molecular formula is C11H19NO5S. The number of ether oxygens (including phenoxy) is 1. The van der Waals surface area contributed by atoms with Crippen molar-refractivity contribution in [3.8, 4) is 0 Å². The van der Waals surface area contributed by atoms with Crippen molar-refractivity contribution in [1.82, 2.24) is 4.90 Å². The Morgan fingerprint density at radius 2 is 2.06 bits per heavy atom. The molecule has 1 unspecified atom stereocenters. The molecule has 6 nitrogen and oxygen atoms in total. The third-order valence-corrected chi connectivity index (χ3v) is 4.91. The Balaban J connectivity index is 2.50. The molecular weight excluding hydrogens is 258 g/mol. The highest BCUT2D eigenvalue weighted by molar-refractivity contribution is 7.91. The van der Waals surface area contributed by atoms with E-state index in [-0.39, 0.29) is 36.3 Å². The number of methoxy groups -OCH3 is 1. The third kappa shape index (κ3) is 4.29. The number of carbonyl (C=O) groups excluding carboxylic acids is 2. The molecule has 1 atom stereocenters. The number of carbonyl (C=O) groups is 2. The lowest BCUT2D eigenvalue weighted by molar-refractivity contribution is -0.147. The predicted molar refractivity (Wildman–Crippen MR) is 65.6 cm³/mol. The maximum atomic E-state index is 11.9. The summed E-state index contributed by atoms with van der Waals surface area (Å²) >= 11 is 0. The molecule has 0 aliphatic carbocycles. The maximum Gasteiger partial charge on any atom is 0.325 e. The molecule has 1 saturated heterocycles. The van der Waals surface area contributed by atoms with Crippen LogP contribution >= 0.6 is 0 Å². The number of sulfone groups is 1. The van der Waals surface area contributed by atoms with Crippen molar-refractivity contribution < 1.29 is 22.7 Å². The smallest absolute Gasteiger partial charge is 0.325 e. The Morgan fingerprint density at radius 3 is 2.50 bits per heavy atom. The summed E-state index contributed by atoms with van der Waals surface area (Å²) in [6.45, 7) is 2.10. The number of likely N-dealkylation sites (N-methyl/N-ethyl adjacent to an activating group) is 1. The van der Waals surface area contributed by atoms with Gasteiger partial charge in [0.25, 0.3) is 0 Å². The van der Waals surface area contributed by atoms with Crippen LogP contribution in [0.2, 0.25) is 0 Å². The number of amides is 1. The van der Waals surface area contributed by atoms with Gasteiger partial charge in [0, 0.05) is 13.0 Å². The molecule has 1 aliphatic rings. The predicted octanol–water partition coefficient (Wildman–Crippen LogP) is -0.167. The summed E-state index contributed by atoms with van der Waals surface area (Å²) < 4.78 is 27.1. The van der Waals surface area contributed by atoms with E-state index in [1.165, 1.54) is 12.0 Å². The molecule has 7 heteroatoms. The average molecular weight is 277 g/mol. The summed E-state index contributed by atoms with van der Waals surface area (Å²) in [7, 11) is -1.70. The topological polar surface area (TPSA) is 80.8 Å². The summed E-state index contributed by atoms with van der Waals surface area (Å²) in [6.07, 6.45) is 0.716. The minimum absolute atomic E-state index is 0.0779. The molecule has 0 aromatic rings. The highest BCUT2D eigenvalue weighted by atomic mass is 32.2. The van der Waals surface area contributed by atoms with Gasteiger partial charge in [0.05, 0.1) is 18.6 Å². The Morgan fingerprint density at radius 1 is 1.39 bits per heavy atom. The van der Waals surface area contributed by atoms with Crippen molar-refractivity contribution in [2.24, 2.45) is 5.92 Å². The Kier molecular flexibility index (Phi) is 5.13. The second-order valence-corrected chi connectivity index (χ2v) is 6.69. The second-order valence-electron chi connectivity index (χ2n) is 4.46. The van der Waals surface area contributed by atoms with Gasteiger partial charge in [0.1, 0.15) is 6.54 Å². The number of hydrogen-bond donors (Lipinski definition) is 0. The zero-order valence-electron chi connectivity index (χ0n) is 10.7. The highest BCUT2D eigenvalue weighted by Crippen LogP contribution is 2.22. The van der Waals surface area contributed by atoms with E-state index < -0.39 is 15.8 Å². The van der Waals surface area contributed by atoms with E-state index in [9.17, 15) is 18.0 Å². The number of esters is 1. The molecule has 0 spiro atoms. The van der Waals surface area contributed by atoms with Gasteiger partial charge in [0.15, 0.2) is 9.84 Å². The maximum absolute atomic E-state index is 11.9. The van der Waals surface area contributed by atoms with Crippen LogP contribution in [0.1, 0.15) is 19.8 Å². The molecule has 18 heavy (non-hydrogen) atoms. The Bertz CT molecular complexity index is 417. The van der Waals surface area contributed by atoms with Gasteiger partial charge in [-0.2, -0.15) is 0 Å². The van der Waals surface area contributed by atoms with Gasteiger partial charge >= 0.3 is 5.97 Å². The first-order valence-corrected chi connectivity index (χ1v) is 7.75. The van der Waals surface area contributed by atoms with E-state index in [0.29, 0.717) is 13.0 Å². The van der Waals surface area contributed by atoms with Crippen LogP contribution in [0, 0.1) is 5.92 Å². The molecule has 0 bridgehead atoms. The minimum atomic E-state index is -2.96. The van der Waals surface area contributed by atoms with Gasteiger partial charge in [-0.05, 0) is 19.3 Å². The summed E-state index contributed by atoms with van der Waals surface area (Å²) in [4.78, 5) is 24.4. The van der Waals surface area contributed by atoms with Crippen LogP contribution in [0.3, 0.4) is 0 Å². The molecule has 0 radical (unpaired) electrons. The van der Waals surface area contributed by atoms with E-state index in [1.807, 2.05) is 0 Å². The first-order valence-electron chi connectivity index (χ1n) is 5.93. The van der Waals surface area contributed by atoms with E-state index >= 15 is 0 Å². The molecule has 0 N–H and O–H groups in total. The standard InChI is InChI=1S/C11H19NO5S/c1-3-12(7-11(14)17-2)10(13)6-9-4-5-18(15,16)8-9/h9H,3-8H2,1-2H3. The van der Waals surface area contributed by atoms with Crippen molar-refractivity contribution in [1.29, 1.82) is 0 Å². The SMILES string of the molecule is CCN(CC(=O)OC)C(=O)CC1CCS(=O)(=O)C1. The summed E-state index contributed by atoms with van der Waals surface area (Å²) in [5.41, 5.74) is 0. The van der Waals surface area contributed by atoms with Crippen LogP contribution in [-0.2, 0) is 24.2 Å². The van der Waals surface area contributed by atoms with Crippen molar-refractivity contribution in [3.05, 3.63) is 0 Å². The lowest BCUT2D eigenvalue weighted by atomic mass is 10.0. The number of rotatable bonds is 5. The summed E-state index contributed by atoms with van der Waals surface area (Å²) in [5.74, 6) is -0.536. The average Bonchev–Trinajstić information content (AvgIpc) is 2.64. The van der Waals surface area contributed by atoms with Gasteiger partial charge in [-0.3, -0.25) is 9.59 Å². The summed E-state index contributed by atoms with van der Waals surface area (Å²) in [5, 5.41) is 0. The fourth-order valence-corrected chi connectivity index (χ4v) is 3.87. The largest absolute Gasteiger partial charge is 0.468 e. The van der Waals surface area contributed by atoms with Gasteiger partial charge < -0.3 is 9.64 Å². The normalized spacial score (nSPS) is 21.6. The second kappa shape index (κ2) is 6.17. The van der Waals surface area contributed by atoms with Crippen molar-refractivity contribution >= 4 is 21.7 Å². The Hall–Kier alpha value is -1.11. The zero-order chi connectivity index (χ0) is 13.8. The first kappa shape index (κ1) is 14.9. The van der Waals surface area contributed by atoms with E-state index in [1.54, 1.807) is 6.92 Å². The third-order valence-electron chi connectivity index (χ3n) is 3.07. The van der Waals surface area contributed by atoms with Gasteiger partial charge in [0.2, 0.25) is 5.91 Å². The monoisotopic (exact) mass is 277 g/mol. The molecule has 1 fully saturated rings. The molecule has 0 aromatic carbocycles. The van der Waals surface area contributed by atoms with Crippen molar-refractivity contribution in [2.75, 3.05) is 31.7 Å². The summed E-state index contributed by atoms with van der Waals surface area (Å²) in [6, 6.07) is 0. The Labute approximate surface area is 107 Å². The molecule has 1 heterocycles. The van der Waals surface area contributed by atoms with Crippen molar-refractivity contribution in [2.45, 2.75) is 19.8 Å². The minimum Gasteiger partial charge on any atom is -0.468 e. The quantitative estimate of drug-likeness (QED) is 0.652. The molecule has 104 valence electrons. The highest BCUT2D eigenvalue weighted by Gasteiger charge is 2.30. The lowest BCUT2D eigenvalue weighted by Gasteiger charge is -2.20. The van der Waals surface area contributed by atoms with Crippen LogP contribution in [0.5, 0.6) is 0 Å². The van der Waals surface area contributed by atoms with Crippen LogP contribution in [0.15, 0.2) is 0 Å². The molecule has 1 amide bonds. The zero-order valence-corrected chi connectivity index (χ0v) is 11.5. The van der Waals surface area contributed by atoms with Crippen LogP contribution in [0.25, 0.3) is 0 Å². The lowest BCUT2D eigenvalue weighted by Crippen LogP contribution is -2.37. The van der Waals surface area contributed by atoms with Crippen molar-refractivity contribution in [3.63, 3.8) is 0 Å². The fourth-order valence-electron chi connectivity index (χ4n) is 2.01. The van der Waals surface area contributed by atoms with Crippen LogP contribution in [0.4, 0.5) is 0 Å². The van der Waals surface area contributed by atoms with Crippen LogP contribution in [-0.4, -0.2) is 56.9 Å². The van der Waals surface area contributed by atoms with Gasteiger partial charge in [-0.1, -0.05) is 0 Å². The number of nitrogens with zero attached hydrogens (tertiary/aromatic N) is 1. The number of hydrogen-bond acceptors (Lipinski definition) is 5. The first-order chi connectivity index (χ1) is 8.38. The molecule has 1 aliphatic heterocycles. The fraction of sp³-hybridized carbons (Fsp3) is 0.818. The van der Waals surface area contributed by atoms with E-state index in [4.69, 9.17) is 0 Å². The van der Waals surface area contributed by atoms with Crippen LogP contribution < -0.4 is 0 Å². The molecule has 1 rings (SSSR count). The van der Waals surface area contributed by atoms with Gasteiger partial charge in [-0.25, -0.2) is 8.42 Å². The molecule has 0 aromatic heterocycles. The molecule has 0 saturated carbocycles. The van der Waals surface area contributed by atoms with Gasteiger partial charge in [-0.15, -0.1) is 0 Å².